The van der Waals surface area contributed by atoms with Crippen molar-refractivity contribution in [2.75, 3.05) is 24.3 Å². The lowest BCUT2D eigenvalue weighted by Gasteiger charge is -2.18. The molecule has 0 saturated carbocycles. The van der Waals surface area contributed by atoms with Crippen molar-refractivity contribution in [3.8, 4) is 11.4 Å². The second-order valence-corrected chi connectivity index (χ2v) is 7.15. The number of carbonyl (C=O) groups excluding carboxylic acids is 1. The molecular formula is C21H20F4N4O2. The quantitative estimate of drug-likeness (QED) is 0.560. The van der Waals surface area contributed by atoms with Crippen LogP contribution in [0.5, 0.6) is 0 Å². The van der Waals surface area contributed by atoms with Crippen molar-refractivity contribution in [1.82, 2.24) is 10.1 Å². The fraction of sp³-hybridized carbons (Fsp3) is 0.286. The lowest BCUT2D eigenvalue weighted by Crippen LogP contribution is -2.18. The first kappa shape index (κ1) is 22.3. The van der Waals surface area contributed by atoms with E-state index in [4.69, 9.17) is 4.52 Å². The van der Waals surface area contributed by atoms with Crippen LogP contribution in [-0.4, -0.2) is 30.1 Å². The van der Waals surface area contributed by atoms with E-state index in [0.29, 0.717) is 16.8 Å². The van der Waals surface area contributed by atoms with E-state index in [1.807, 2.05) is 0 Å². The summed E-state index contributed by atoms with van der Waals surface area (Å²) in [6, 6.07) is 8.15. The summed E-state index contributed by atoms with van der Waals surface area (Å²) in [6.45, 7) is 1.62. The zero-order chi connectivity index (χ0) is 22.8. The topological polar surface area (TPSA) is 71.3 Å². The standard InChI is InChI=1S/C21H20F4N4O2/c1-12-4-5-13(10-16(12)22)20-27-19(31-28-20)9-8-18(30)26-17-7-6-14(29(2)3)11-15(17)21(23,24)25/h4-7,10-11H,8-9H2,1-3H3,(H,26,30). The highest BCUT2D eigenvalue weighted by atomic mass is 19.4. The molecule has 0 bridgehead atoms. The largest absolute Gasteiger partial charge is 0.418 e. The number of amides is 1. The molecule has 0 atom stereocenters. The van der Waals surface area contributed by atoms with Gasteiger partial charge in [-0.1, -0.05) is 17.3 Å². The molecule has 1 N–H and O–H groups in total. The molecule has 0 aliphatic rings. The highest BCUT2D eigenvalue weighted by molar-refractivity contribution is 5.92. The first-order valence-electron chi connectivity index (χ1n) is 9.32. The molecule has 3 aromatic rings. The number of hydrogen-bond acceptors (Lipinski definition) is 5. The SMILES string of the molecule is Cc1ccc(-c2noc(CCC(=O)Nc3ccc(N(C)C)cc3C(F)(F)F)n2)cc1F. The second kappa shape index (κ2) is 8.75. The lowest BCUT2D eigenvalue weighted by molar-refractivity contribution is -0.136. The van der Waals surface area contributed by atoms with Gasteiger partial charge in [0, 0.05) is 38.2 Å². The molecule has 2 aromatic carbocycles. The summed E-state index contributed by atoms with van der Waals surface area (Å²) >= 11 is 0. The van der Waals surface area contributed by atoms with Gasteiger partial charge in [-0.2, -0.15) is 18.2 Å². The number of halogens is 4. The maximum atomic E-state index is 13.7. The third kappa shape index (κ3) is 5.39. The fourth-order valence-electron chi connectivity index (χ4n) is 2.79. The third-order valence-corrected chi connectivity index (χ3v) is 4.56. The number of rotatable bonds is 6. The molecule has 1 amide bonds. The number of nitrogens with one attached hydrogen (secondary N) is 1. The van der Waals surface area contributed by atoms with E-state index < -0.39 is 23.5 Å². The molecule has 0 saturated heterocycles. The number of aryl methyl sites for hydroxylation is 2. The van der Waals surface area contributed by atoms with Crippen LogP contribution in [0.2, 0.25) is 0 Å². The summed E-state index contributed by atoms with van der Waals surface area (Å²) in [7, 11) is 3.24. The summed E-state index contributed by atoms with van der Waals surface area (Å²) in [5.41, 5.74) is -0.0199. The number of alkyl halides is 3. The normalized spacial score (nSPS) is 11.5. The minimum atomic E-state index is -4.63. The van der Waals surface area contributed by atoms with Crippen molar-refractivity contribution in [2.45, 2.75) is 25.9 Å². The average Bonchev–Trinajstić information content (AvgIpc) is 3.17. The van der Waals surface area contributed by atoms with Crippen molar-refractivity contribution >= 4 is 17.3 Å². The van der Waals surface area contributed by atoms with Crippen LogP contribution in [0.3, 0.4) is 0 Å². The molecule has 164 valence electrons. The Labute approximate surface area is 175 Å². The number of hydrogen-bond donors (Lipinski definition) is 1. The van der Waals surface area contributed by atoms with E-state index in [2.05, 4.69) is 15.5 Å². The molecule has 6 nitrogen and oxygen atoms in total. The van der Waals surface area contributed by atoms with Crippen molar-refractivity contribution in [3.63, 3.8) is 0 Å². The summed E-state index contributed by atoms with van der Waals surface area (Å²) in [5, 5.41) is 6.04. The van der Waals surface area contributed by atoms with E-state index in [0.717, 1.165) is 6.07 Å². The van der Waals surface area contributed by atoms with E-state index in [9.17, 15) is 22.4 Å². The Hall–Kier alpha value is -3.43. The zero-order valence-electron chi connectivity index (χ0n) is 17.0. The number of carbonyl (C=O) groups is 1. The summed E-state index contributed by atoms with van der Waals surface area (Å²) in [5.74, 6) is -0.772. The van der Waals surface area contributed by atoms with Crippen LogP contribution in [0, 0.1) is 12.7 Å². The minimum Gasteiger partial charge on any atom is -0.378 e. The van der Waals surface area contributed by atoms with Crippen LogP contribution in [0.15, 0.2) is 40.9 Å². The van der Waals surface area contributed by atoms with Crippen molar-refractivity contribution in [2.24, 2.45) is 0 Å². The van der Waals surface area contributed by atoms with Crippen LogP contribution < -0.4 is 10.2 Å². The summed E-state index contributed by atoms with van der Waals surface area (Å²) in [4.78, 5) is 17.9. The Kier molecular flexibility index (Phi) is 6.28. The monoisotopic (exact) mass is 436 g/mol. The van der Waals surface area contributed by atoms with E-state index >= 15 is 0 Å². The van der Waals surface area contributed by atoms with Crippen LogP contribution in [0.25, 0.3) is 11.4 Å². The first-order chi connectivity index (χ1) is 14.5. The van der Waals surface area contributed by atoms with Crippen molar-refractivity contribution in [1.29, 1.82) is 0 Å². The first-order valence-corrected chi connectivity index (χ1v) is 9.32. The van der Waals surface area contributed by atoms with Gasteiger partial charge in [0.15, 0.2) is 0 Å². The van der Waals surface area contributed by atoms with E-state index in [1.165, 1.54) is 23.1 Å². The predicted octanol–water partition coefficient (Wildman–Crippen LogP) is 4.84. The molecule has 0 fully saturated rings. The van der Waals surface area contributed by atoms with Crippen LogP contribution >= 0.6 is 0 Å². The van der Waals surface area contributed by atoms with Gasteiger partial charge < -0.3 is 14.7 Å². The van der Waals surface area contributed by atoms with E-state index in [-0.39, 0.29) is 30.2 Å². The Bertz CT molecular complexity index is 1090. The minimum absolute atomic E-state index is 0.0182. The zero-order valence-corrected chi connectivity index (χ0v) is 17.0. The molecule has 1 heterocycles. The summed E-state index contributed by atoms with van der Waals surface area (Å²) in [6.07, 6.45) is -4.78. The van der Waals surface area contributed by atoms with Gasteiger partial charge in [-0.25, -0.2) is 4.39 Å². The number of nitrogens with zero attached hydrogens (tertiary/aromatic N) is 3. The molecule has 0 radical (unpaired) electrons. The fourth-order valence-corrected chi connectivity index (χ4v) is 2.79. The van der Waals surface area contributed by atoms with Crippen molar-refractivity contribution in [3.05, 3.63) is 59.2 Å². The van der Waals surface area contributed by atoms with Gasteiger partial charge in [-0.05, 0) is 36.8 Å². The maximum absolute atomic E-state index is 13.7. The molecule has 0 aliphatic carbocycles. The predicted molar refractivity (Wildman–Crippen MR) is 107 cm³/mol. The number of anilines is 2. The van der Waals surface area contributed by atoms with Gasteiger partial charge in [0.05, 0.1) is 11.3 Å². The second-order valence-electron chi connectivity index (χ2n) is 7.15. The van der Waals surface area contributed by atoms with Gasteiger partial charge in [-0.15, -0.1) is 0 Å². The Morgan fingerprint density at radius 1 is 1.16 bits per heavy atom. The Morgan fingerprint density at radius 2 is 1.90 bits per heavy atom. The molecule has 3 rings (SSSR count). The van der Waals surface area contributed by atoms with Gasteiger partial charge in [-0.3, -0.25) is 4.79 Å². The van der Waals surface area contributed by atoms with E-state index in [1.54, 1.807) is 33.2 Å². The molecule has 0 aliphatic heterocycles. The van der Waals surface area contributed by atoms with Crippen LogP contribution in [0.4, 0.5) is 28.9 Å². The molecule has 31 heavy (non-hydrogen) atoms. The van der Waals surface area contributed by atoms with Crippen molar-refractivity contribution < 1.29 is 26.9 Å². The molecule has 1 aromatic heterocycles. The molecular weight excluding hydrogens is 416 g/mol. The van der Waals surface area contributed by atoms with Gasteiger partial charge in [0.2, 0.25) is 17.6 Å². The van der Waals surface area contributed by atoms with Crippen LogP contribution in [0.1, 0.15) is 23.4 Å². The average molecular weight is 436 g/mol. The summed E-state index contributed by atoms with van der Waals surface area (Å²) < 4.78 is 58.9. The third-order valence-electron chi connectivity index (χ3n) is 4.56. The van der Waals surface area contributed by atoms with Gasteiger partial charge in [0.25, 0.3) is 0 Å². The molecule has 0 spiro atoms. The number of benzene rings is 2. The van der Waals surface area contributed by atoms with Gasteiger partial charge in [0.1, 0.15) is 5.82 Å². The van der Waals surface area contributed by atoms with Gasteiger partial charge >= 0.3 is 6.18 Å². The molecule has 0 unspecified atom stereocenters. The lowest BCUT2D eigenvalue weighted by atomic mass is 10.1. The maximum Gasteiger partial charge on any atom is 0.418 e. The Balaban J connectivity index is 1.67. The smallest absolute Gasteiger partial charge is 0.378 e. The van der Waals surface area contributed by atoms with Crippen LogP contribution in [-0.2, 0) is 17.4 Å². The highest BCUT2D eigenvalue weighted by Crippen LogP contribution is 2.37. The Morgan fingerprint density at radius 3 is 2.55 bits per heavy atom. The highest BCUT2D eigenvalue weighted by Gasteiger charge is 2.34. The molecule has 10 heteroatoms. The number of aromatic nitrogens is 2.